The lowest BCUT2D eigenvalue weighted by atomic mass is 9.95. The van der Waals surface area contributed by atoms with Crippen LogP contribution in [0.25, 0.3) is 0 Å². The third-order valence-corrected chi connectivity index (χ3v) is 3.99. The lowest BCUT2D eigenvalue weighted by Gasteiger charge is -2.21. The zero-order valence-electron chi connectivity index (χ0n) is 11.7. The van der Waals surface area contributed by atoms with Crippen molar-refractivity contribution in [3.05, 3.63) is 35.4 Å². The van der Waals surface area contributed by atoms with Crippen LogP contribution in [0.3, 0.4) is 0 Å². The van der Waals surface area contributed by atoms with Gasteiger partial charge in [0.2, 0.25) is 0 Å². The second kappa shape index (κ2) is 5.16. The fourth-order valence-electron chi connectivity index (χ4n) is 2.89. The molecule has 1 aromatic carbocycles. The quantitative estimate of drug-likeness (QED) is 0.836. The van der Waals surface area contributed by atoms with E-state index < -0.39 is 12.1 Å². The Morgan fingerprint density at radius 3 is 2.75 bits per heavy atom. The summed E-state index contributed by atoms with van der Waals surface area (Å²) in [7, 11) is 0. The molecule has 108 valence electrons. The molecule has 3 rings (SSSR count). The van der Waals surface area contributed by atoms with Crippen LogP contribution in [0, 0.1) is 12.8 Å². The van der Waals surface area contributed by atoms with Crippen LogP contribution in [-0.4, -0.2) is 41.0 Å². The van der Waals surface area contributed by atoms with E-state index in [-0.39, 0.29) is 18.0 Å². The Balaban J connectivity index is 1.78. The number of aryl methyl sites for hydroxylation is 1. The number of benzene rings is 1. The fourth-order valence-corrected chi connectivity index (χ4v) is 2.89. The SMILES string of the molecule is Cc1ccc(CN2OC(C(C)O)C3COC(=O)C32)cc1. The molecule has 0 aromatic heterocycles. The lowest BCUT2D eigenvalue weighted by Crippen LogP contribution is -2.35. The second-order valence-corrected chi connectivity index (χ2v) is 5.61. The normalized spacial score (nSPS) is 31.1. The Kier molecular flexibility index (Phi) is 3.50. The van der Waals surface area contributed by atoms with Crippen molar-refractivity contribution in [2.75, 3.05) is 6.61 Å². The van der Waals surface area contributed by atoms with Crippen molar-refractivity contribution in [2.45, 2.75) is 38.6 Å². The van der Waals surface area contributed by atoms with E-state index in [1.165, 1.54) is 5.56 Å². The van der Waals surface area contributed by atoms with Gasteiger partial charge in [0.25, 0.3) is 0 Å². The van der Waals surface area contributed by atoms with Gasteiger partial charge >= 0.3 is 5.97 Å². The van der Waals surface area contributed by atoms with Crippen molar-refractivity contribution in [3.8, 4) is 0 Å². The van der Waals surface area contributed by atoms with E-state index in [1.807, 2.05) is 31.2 Å². The molecule has 2 aliphatic heterocycles. The predicted octanol–water partition coefficient (Wildman–Crippen LogP) is 1.03. The van der Waals surface area contributed by atoms with Crippen LogP contribution in [0.2, 0.25) is 0 Å². The zero-order chi connectivity index (χ0) is 14.3. The Morgan fingerprint density at radius 2 is 2.10 bits per heavy atom. The number of nitrogens with zero attached hydrogens (tertiary/aromatic N) is 1. The summed E-state index contributed by atoms with van der Waals surface area (Å²) in [6.45, 7) is 4.55. The minimum absolute atomic E-state index is 0.0899. The first-order chi connectivity index (χ1) is 9.56. The molecule has 0 radical (unpaired) electrons. The van der Waals surface area contributed by atoms with Crippen LogP contribution < -0.4 is 0 Å². The Bertz CT molecular complexity index is 499. The van der Waals surface area contributed by atoms with E-state index in [4.69, 9.17) is 9.57 Å². The molecule has 2 heterocycles. The zero-order valence-corrected chi connectivity index (χ0v) is 11.7. The van der Waals surface area contributed by atoms with E-state index in [0.29, 0.717) is 13.2 Å². The minimum atomic E-state index is -0.625. The van der Waals surface area contributed by atoms with Gasteiger partial charge in [0.05, 0.1) is 25.2 Å². The average molecular weight is 277 g/mol. The largest absolute Gasteiger partial charge is 0.464 e. The summed E-state index contributed by atoms with van der Waals surface area (Å²) >= 11 is 0. The number of aliphatic hydroxyl groups excluding tert-OH is 1. The van der Waals surface area contributed by atoms with Gasteiger partial charge in [-0.15, -0.1) is 0 Å². The van der Waals surface area contributed by atoms with Gasteiger partial charge in [-0.3, -0.25) is 9.63 Å². The average Bonchev–Trinajstić information content (AvgIpc) is 2.95. The summed E-state index contributed by atoms with van der Waals surface area (Å²) in [6, 6.07) is 7.69. The van der Waals surface area contributed by atoms with E-state index in [0.717, 1.165) is 5.56 Å². The molecule has 2 saturated heterocycles. The molecule has 0 bridgehead atoms. The highest BCUT2D eigenvalue weighted by Gasteiger charge is 2.54. The summed E-state index contributed by atoms with van der Waals surface area (Å²) in [6.07, 6.45) is -1.00. The summed E-state index contributed by atoms with van der Waals surface area (Å²) in [5.41, 5.74) is 2.26. The summed E-state index contributed by atoms with van der Waals surface area (Å²) < 4.78 is 5.12. The van der Waals surface area contributed by atoms with Crippen molar-refractivity contribution >= 4 is 5.97 Å². The molecule has 0 saturated carbocycles. The molecule has 0 aliphatic carbocycles. The first-order valence-electron chi connectivity index (χ1n) is 6.90. The van der Waals surface area contributed by atoms with Gasteiger partial charge in [-0.1, -0.05) is 29.8 Å². The van der Waals surface area contributed by atoms with Gasteiger partial charge in [-0.2, -0.15) is 5.06 Å². The first-order valence-corrected chi connectivity index (χ1v) is 6.90. The van der Waals surface area contributed by atoms with Crippen molar-refractivity contribution in [1.82, 2.24) is 5.06 Å². The molecule has 1 N–H and O–H groups in total. The van der Waals surface area contributed by atoms with Crippen molar-refractivity contribution < 1.29 is 19.5 Å². The number of carbonyl (C=O) groups is 1. The molecule has 2 fully saturated rings. The second-order valence-electron chi connectivity index (χ2n) is 5.61. The van der Waals surface area contributed by atoms with Gasteiger partial charge in [-0.05, 0) is 19.4 Å². The lowest BCUT2D eigenvalue weighted by molar-refractivity contribution is -0.202. The molecule has 0 amide bonds. The highest BCUT2D eigenvalue weighted by atomic mass is 16.7. The predicted molar refractivity (Wildman–Crippen MR) is 71.5 cm³/mol. The molecule has 0 spiro atoms. The van der Waals surface area contributed by atoms with Crippen molar-refractivity contribution in [2.24, 2.45) is 5.92 Å². The van der Waals surface area contributed by atoms with Crippen LogP contribution in [0.5, 0.6) is 0 Å². The summed E-state index contributed by atoms with van der Waals surface area (Å²) in [4.78, 5) is 17.6. The molecule has 5 nitrogen and oxygen atoms in total. The van der Waals surface area contributed by atoms with Gasteiger partial charge in [-0.25, -0.2) is 0 Å². The van der Waals surface area contributed by atoms with E-state index in [1.54, 1.807) is 12.0 Å². The topological polar surface area (TPSA) is 59.0 Å². The summed E-state index contributed by atoms with van der Waals surface area (Å²) in [5, 5.41) is 11.4. The maximum absolute atomic E-state index is 11.9. The third-order valence-electron chi connectivity index (χ3n) is 3.99. The third kappa shape index (κ3) is 2.32. The Labute approximate surface area is 118 Å². The highest BCUT2D eigenvalue weighted by Crippen LogP contribution is 2.35. The molecule has 5 heteroatoms. The van der Waals surface area contributed by atoms with Gasteiger partial charge < -0.3 is 9.84 Å². The smallest absolute Gasteiger partial charge is 0.326 e. The molecular weight excluding hydrogens is 258 g/mol. The number of rotatable bonds is 3. The summed E-state index contributed by atoms with van der Waals surface area (Å²) in [5.74, 6) is -0.349. The maximum Gasteiger partial charge on any atom is 0.326 e. The van der Waals surface area contributed by atoms with E-state index >= 15 is 0 Å². The maximum atomic E-state index is 11.9. The first kappa shape index (κ1) is 13.5. The van der Waals surface area contributed by atoms with Crippen molar-refractivity contribution in [3.63, 3.8) is 0 Å². The Hall–Kier alpha value is -1.43. The van der Waals surface area contributed by atoms with Gasteiger partial charge in [0.1, 0.15) is 12.1 Å². The molecule has 4 unspecified atom stereocenters. The van der Waals surface area contributed by atoms with Gasteiger partial charge in [0.15, 0.2) is 0 Å². The number of aliphatic hydroxyl groups is 1. The van der Waals surface area contributed by atoms with Crippen LogP contribution in [-0.2, 0) is 20.9 Å². The number of cyclic esters (lactones) is 1. The molecule has 1 aromatic rings. The highest BCUT2D eigenvalue weighted by molar-refractivity contribution is 5.78. The number of hydroxylamine groups is 2. The van der Waals surface area contributed by atoms with Crippen LogP contribution >= 0.6 is 0 Å². The van der Waals surface area contributed by atoms with Crippen molar-refractivity contribution in [1.29, 1.82) is 0 Å². The number of ether oxygens (including phenoxy) is 1. The number of hydrogen-bond donors (Lipinski definition) is 1. The van der Waals surface area contributed by atoms with E-state index in [2.05, 4.69) is 0 Å². The molecule has 20 heavy (non-hydrogen) atoms. The number of esters is 1. The minimum Gasteiger partial charge on any atom is -0.464 e. The van der Waals surface area contributed by atoms with Gasteiger partial charge in [0, 0.05) is 0 Å². The molecule has 4 atom stereocenters. The van der Waals surface area contributed by atoms with Crippen LogP contribution in [0.4, 0.5) is 0 Å². The van der Waals surface area contributed by atoms with E-state index in [9.17, 15) is 9.90 Å². The van der Waals surface area contributed by atoms with Crippen LogP contribution in [0.1, 0.15) is 18.1 Å². The Morgan fingerprint density at radius 1 is 1.40 bits per heavy atom. The standard InChI is InChI=1S/C15H19NO4/c1-9-3-5-11(6-4-9)7-16-13-12(8-19-15(13)18)14(20-16)10(2)17/h3-6,10,12-14,17H,7-8H2,1-2H3. The number of hydrogen-bond acceptors (Lipinski definition) is 5. The number of carbonyl (C=O) groups excluding carboxylic acids is 1. The molecular formula is C15H19NO4. The monoisotopic (exact) mass is 277 g/mol. The number of fused-ring (bicyclic) bond motifs is 1. The molecule has 2 aliphatic rings. The van der Waals surface area contributed by atoms with Crippen LogP contribution in [0.15, 0.2) is 24.3 Å². The fraction of sp³-hybridized carbons (Fsp3) is 0.533.